The molecule has 0 spiro atoms. The van der Waals surface area contributed by atoms with Gasteiger partial charge in [-0.3, -0.25) is 5.32 Å². The van der Waals surface area contributed by atoms with Crippen molar-refractivity contribution in [2.45, 2.75) is 12.6 Å². The summed E-state index contributed by atoms with van der Waals surface area (Å²) in [5.41, 5.74) is 0.832. The Bertz CT molecular complexity index is 540. The average Bonchev–Trinajstić information content (AvgIpc) is 2.85. The van der Waals surface area contributed by atoms with E-state index < -0.39 is 6.04 Å². The zero-order chi connectivity index (χ0) is 13.7. The first-order chi connectivity index (χ1) is 9.20. The van der Waals surface area contributed by atoms with E-state index in [-0.39, 0.29) is 5.97 Å². The third-order valence-corrected chi connectivity index (χ3v) is 2.58. The summed E-state index contributed by atoms with van der Waals surface area (Å²) < 4.78 is 4.80. The standard InChI is InChI=1S/C12H15N5O2/c1-17-15-10(14-16-17)8-13-11(12(18)19-2)9-6-4-3-5-7-9/h3-7,11,13H,8H2,1-2H3. The molecule has 1 N–H and O–H groups in total. The van der Waals surface area contributed by atoms with E-state index in [1.165, 1.54) is 11.9 Å². The molecule has 7 heteroatoms. The van der Waals surface area contributed by atoms with Gasteiger partial charge in [-0.05, 0) is 10.8 Å². The minimum atomic E-state index is -0.546. The van der Waals surface area contributed by atoms with E-state index in [0.717, 1.165) is 5.56 Å². The molecule has 2 rings (SSSR count). The zero-order valence-corrected chi connectivity index (χ0v) is 10.8. The van der Waals surface area contributed by atoms with Crippen LogP contribution >= 0.6 is 0 Å². The van der Waals surface area contributed by atoms with Gasteiger partial charge in [0.1, 0.15) is 6.04 Å². The van der Waals surface area contributed by atoms with E-state index in [2.05, 4.69) is 20.7 Å². The molecule has 19 heavy (non-hydrogen) atoms. The highest BCUT2D eigenvalue weighted by atomic mass is 16.5. The van der Waals surface area contributed by atoms with Crippen LogP contribution in [0.15, 0.2) is 30.3 Å². The Morgan fingerprint density at radius 2 is 2.16 bits per heavy atom. The summed E-state index contributed by atoms with van der Waals surface area (Å²) in [5, 5.41) is 14.7. The van der Waals surface area contributed by atoms with Gasteiger partial charge in [-0.1, -0.05) is 30.3 Å². The number of aryl methyl sites for hydroxylation is 1. The highest BCUT2D eigenvalue weighted by Gasteiger charge is 2.21. The van der Waals surface area contributed by atoms with Crippen LogP contribution in [0, 0.1) is 0 Å². The molecule has 1 aromatic heterocycles. The van der Waals surface area contributed by atoms with Crippen LogP contribution in [0.25, 0.3) is 0 Å². The Morgan fingerprint density at radius 3 is 2.74 bits per heavy atom. The van der Waals surface area contributed by atoms with Crippen LogP contribution in [-0.4, -0.2) is 33.3 Å². The lowest BCUT2D eigenvalue weighted by atomic mass is 10.1. The van der Waals surface area contributed by atoms with Gasteiger partial charge in [-0.25, -0.2) is 4.79 Å². The summed E-state index contributed by atoms with van der Waals surface area (Å²) in [5.74, 6) is 0.169. The molecule has 1 aromatic carbocycles. The molecule has 1 atom stereocenters. The van der Waals surface area contributed by atoms with Gasteiger partial charge in [0, 0.05) is 0 Å². The topological polar surface area (TPSA) is 81.9 Å². The fourth-order valence-corrected chi connectivity index (χ4v) is 1.69. The highest BCUT2D eigenvalue weighted by Crippen LogP contribution is 2.14. The Balaban J connectivity index is 2.09. The third-order valence-electron chi connectivity index (χ3n) is 2.58. The van der Waals surface area contributed by atoms with Gasteiger partial charge < -0.3 is 4.74 Å². The predicted molar refractivity (Wildman–Crippen MR) is 66.8 cm³/mol. The second kappa shape index (κ2) is 6.05. The van der Waals surface area contributed by atoms with E-state index in [4.69, 9.17) is 4.74 Å². The van der Waals surface area contributed by atoms with Crippen LogP contribution < -0.4 is 5.32 Å². The molecule has 7 nitrogen and oxygen atoms in total. The fraction of sp³-hybridized carbons (Fsp3) is 0.333. The van der Waals surface area contributed by atoms with E-state index in [1.54, 1.807) is 7.05 Å². The molecule has 100 valence electrons. The van der Waals surface area contributed by atoms with Crippen molar-refractivity contribution in [2.24, 2.45) is 7.05 Å². The van der Waals surface area contributed by atoms with E-state index in [9.17, 15) is 4.79 Å². The van der Waals surface area contributed by atoms with Crippen molar-refractivity contribution in [2.75, 3.05) is 7.11 Å². The monoisotopic (exact) mass is 261 g/mol. The summed E-state index contributed by atoms with van der Waals surface area (Å²) in [6.07, 6.45) is 0. The number of hydrogen-bond donors (Lipinski definition) is 1. The summed E-state index contributed by atoms with van der Waals surface area (Å²) in [4.78, 5) is 13.2. The van der Waals surface area contributed by atoms with Crippen molar-refractivity contribution in [3.63, 3.8) is 0 Å². The second-order valence-corrected chi connectivity index (χ2v) is 3.94. The molecule has 1 unspecified atom stereocenters. The molecule has 0 bridgehead atoms. The average molecular weight is 261 g/mol. The summed E-state index contributed by atoms with van der Waals surface area (Å²) in [7, 11) is 3.05. The van der Waals surface area contributed by atoms with Crippen molar-refractivity contribution < 1.29 is 9.53 Å². The molecule has 1 heterocycles. The summed E-state index contributed by atoms with van der Waals surface area (Å²) in [6.45, 7) is 0.336. The van der Waals surface area contributed by atoms with E-state index >= 15 is 0 Å². The second-order valence-electron chi connectivity index (χ2n) is 3.94. The number of nitrogens with zero attached hydrogens (tertiary/aromatic N) is 4. The predicted octanol–water partition coefficient (Wildman–Crippen LogP) is 0.214. The van der Waals surface area contributed by atoms with E-state index in [1.807, 2.05) is 30.3 Å². The maximum atomic E-state index is 11.8. The van der Waals surface area contributed by atoms with Crippen molar-refractivity contribution in [1.29, 1.82) is 0 Å². The number of carbonyl (C=O) groups excluding carboxylic acids is 1. The molecule has 0 radical (unpaired) electrons. The van der Waals surface area contributed by atoms with Gasteiger partial charge in [-0.15, -0.1) is 10.2 Å². The van der Waals surface area contributed by atoms with Gasteiger partial charge in [0.25, 0.3) is 0 Å². The van der Waals surface area contributed by atoms with Gasteiger partial charge in [0.2, 0.25) is 0 Å². The molecule has 2 aromatic rings. The van der Waals surface area contributed by atoms with Crippen LogP contribution in [0.2, 0.25) is 0 Å². The van der Waals surface area contributed by atoms with Gasteiger partial charge >= 0.3 is 5.97 Å². The minimum Gasteiger partial charge on any atom is -0.468 e. The molecule has 0 aliphatic heterocycles. The zero-order valence-electron chi connectivity index (χ0n) is 10.8. The Hall–Kier alpha value is -2.28. The number of carbonyl (C=O) groups is 1. The number of rotatable bonds is 5. The summed E-state index contributed by atoms with van der Waals surface area (Å²) in [6, 6.07) is 8.80. The number of benzene rings is 1. The molecule has 0 aliphatic carbocycles. The maximum Gasteiger partial charge on any atom is 0.327 e. The number of esters is 1. The number of nitrogens with one attached hydrogen (secondary N) is 1. The lowest BCUT2D eigenvalue weighted by molar-refractivity contribution is -0.143. The minimum absolute atomic E-state index is 0.336. The molecule has 0 aliphatic rings. The molecular weight excluding hydrogens is 246 g/mol. The van der Waals surface area contributed by atoms with Crippen LogP contribution in [0.5, 0.6) is 0 Å². The van der Waals surface area contributed by atoms with Crippen molar-refractivity contribution in [3.05, 3.63) is 41.7 Å². The number of aromatic nitrogens is 4. The SMILES string of the molecule is COC(=O)C(NCc1nnn(C)n1)c1ccccc1. The van der Waals surface area contributed by atoms with Crippen molar-refractivity contribution >= 4 is 5.97 Å². The van der Waals surface area contributed by atoms with Crippen LogP contribution in [0.1, 0.15) is 17.4 Å². The first-order valence-electron chi connectivity index (χ1n) is 5.79. The lowest BCUT2D eigenvalue weighted by Crippen LogP contribution is -2.29. The number of hydrogen-bond acceptors (Lipinski definition) is 6. The van der Waals surface area contributed by atoms with Gasteiger partial charge in [0.15, 0.2) is 5.82 Å². The van der Waals surface area contributed by atoms with Crippen LogP contribution in [0.3, 0.4) is 0 Å². The third kappa shape index (κ3) is 3.35. The normalized spacial score (nSPS) is 12.1. The first kappa shape index (κ1) is 13.2. The first-order valence-corrected chi connectivity index (χ1v) is 5.79. The van der Waals surface area contributed by atoms with Gasteiger partial charge in [0.05, 0.1) is 20.7 Å². The van der Waals surface area contributed by atoms with Crippen LogP contribution in [-0.2, 0) is 23.1 Å². The molecular formula is C12H15N5O2. The highest BCUT2D eigenvalue weighted by molar-refractivity contribution is 5.77. The Labute approximate surface area is 110 Å². The van der Waals surface area contributed by atoms with Crippen molar-refractivity contribution in [1.82, 2.24) is 25.5 Å². The Kier molecular flexibility index (Phi) is 4.19. The molecule has 0 amide bonds. The number of tetrazole rings is 1. The maximum absolute atomic E-state index is 11.8. The van der Waals surface area contributed by atoms with Crippen LogP contribution in [0.4, 0.5) is 0 Å². The Morgan fingerprint density at radius 1 is 1.42 bits per heavy atom. The molecule has 0 fully saturated rings. The molecule has 0 saturated heterocycles. The summed E-state index contributed by atoms with van der Waals surface area (Å²) >= 11 is 0. The van der Waals surface area contributed by atoms with E-state index in [0.29, 0.717) is 12.4 Å². The lowest BCUT2D eigenvalue weighted by Gasteiger charge is -2.15. The fourth-order valence-electron chi connectivity index (χ4n) is 1.69. The largest absolute Gasteiger partial charge is 0.468 e. The van der Waals surface area contributed by atoms with Crippen molar-refractivity contribution in [3.8, 4) is 0 Å². The number of ether oxygens (including phenoxy) is 1. The van der Waals surface area contributed by atoms with Gasteiger partial charge in [-0.2, -0.15) is 4.80 Å². The smallest absolute Gasteiger partial charge is 0.327 e. The number of methoxy groups -OCH3 is 1. The molecule has 0 saturated carbocycles. The quantitative estimate of drug-likeness (QED) is 0.775.